The molecule has 1 unspecified atom stereocenters. The third-order valence-electron chi connectivity index (χ3n) is 4.67. The molecule has 2 amide bonds. The molecule has 4 rings (SSSR count). The van der Waals surface area contributed by atoms with Gasteiger partial charge in [-0.3, -0.25) is 9.59 Å². The first-order valence-electron chi connectivity index (χ1n) is 8.69. The van der Waals surface area contributed by atoms with E-state index in [1.165, 1.54) is 11.0 Å². The van der Waals surface area contributed by atoms with Crippen molar-refractivity contribution in [2.45, 2.75) is 32.4 Å². The van der Waals surface area contributed by atoms with Crippen molar-refractivity contribution in [3.05, 3.63) is 53.8 Å². The average Bonchev–Trinajstić information content (AvgIpc) is 3.46. The van der Waals surface area contributed by atoms with Crippen molar-refractivity contribution in [1.82, 2.24) is 0 Å². The molecular formula is C20H19FN2O3. The fourth-order valence-electron chi connectivity index (χ4n) is 3.03. The number of ether oxygens (including phenoxy) is 1. The lowest BCUT2D eigenvalue weighted by atomic mass is 10.1. The molecule has 0 aromatic heterocycles. The van der Waals surface area contributed by atoms with Crippen LogP contribution in [0.2, 0.25) is 0 Å². The van der Waals surface area contributed by atoms with Crippen LogP contribution >= 0.6 is 0 Å². The second-order valence-corrected chi connectivity index (χ2v) is 6.72. The lowest BCUT2D eigenvalue weighted by Crippen LogP contribution is -2.44. The minimum absolute atomic E-state index is 0.0120. The lowest BCUT2D eigenvalue weighted by Gasteiger charge is -2.33. The Balaban J connectivity index is 1.66. The Morgan fingerprint density at radius 1 is 1.27 bits per heavy atom. The van der Waals surface area contributed by atoms with Gasteiger partial charge in [0.25, 0.3) is 5.91 Å². The lowest BCUT2D eigenvalue weighted by molar-refractivity contribution is -0.125. The normalized spacial score (nSPS) is 18.9. The van der Waals surface area contributed by atoms with Crippen LogP contribution in [0.3, 0.4) is 0 Å². The maximum atomic E-state index is 14.1. The quantitative estimate of drug-likeness (QED) is 0.914. The molecule has 26 heavy (non-hydrogen) atoms. The summed E-state index contributed by atoms with van der Waals surface area (Å²) in [5.74, 6) is 0.00366. The minimum atomic E-state index is -0.652. The Morgan fingerprint density at radius 3 is 2.77 bits per heavy atom. The first-order chi connectivity index (χ1) is 12.5. The van der Waals surface area contributed by atoms with Crippen molar-refractivity contribution in [3.63, 3.8) is 0 Å². The van der Waals surface area contributed by atoms with Crippen LogP contribution in [0.1, 0.15) is 25.3 Å². The number of nitrogens with one attached hydrogen (secondary N) is 1. The summed E-state index contributed by atoms with van der Waals surface area (Å²) in [5, 5.41) is 2.87. The van der Waals surface area contributed by atoms with Crippen molar-refractivity contribution in [3.8, 4) is 5.75 Å². The van der Waals surface area contributed by atoms with Gasteiger partial charge in [-0.1, -0.05) is 18.2 Å². The molecule has 0 saturated heterocycles. The number of rotatable bonds is 4. The van der Waals surface area contributed by atoms with E-state index in [0.717, 1.165) is 12.8 Å². The molecule has 1 fully saturated rings. The highest BCUT2D eigenvalue weighted by Gasteiger charge is 2.33. The van der Waals surface area contributed by atoms with Gasteiger partial charge in [0, 0.05) is 17.2 Å². The van der Waals surface area contributed by atoms with E-state index in [-0.39, 0.29) is 30.1 Å². The SMILES string of the molecule is CC1Oc2ccc(NC(=O)C3CC3)cc2N(Cc2ccccc2F)C1=O. The number of benzene rings is 2. The Kier molecular flexibility index (Phi) is 4.11. The number of hydrogen-bond donors (Lipinski definition) is 1. The summed E-state index contributed by atoms with van der Waals surface area (Å²) in [4.78, 5) is 26.2. The zero-order valence-corrected chi connectivity index (χ0v) is 14.4. The van der Waals surface area contributed by atoms with E-state index in [4.69, 9.17) is 4.74 Å². The molecule has 1 atom stereocenters. The molecule has 6 heteroatoms. The van der Waals surface area contributed by atoms with E-state index >= 15 is 0 Å². The second-order valence-electron chi connectivity index (χ2n) is 6.72. The maximum Gasteiger partial charge on any atom is 0.268 e. The number of nitrogens with zero attached hydrogens (tertiary/aromatic N) is 1. The monoisotopic (exact) mass is 354 g/mol. The predicted molar refractivity (Wildman–Crippen MR) is 95.5 cm³/mol. The van der Waals surface area contributed by atoms with E-state index in [1.807, 2.05) is 0 Å². The molecule has 134 valence electrons. The van der Waals surface area contributed by atoms with Crippen molar-refractivity contribution >= 4 is 23.2 Å². The number of hydrogen-bond acceptors (Lipinski definition) is 3. The van der Waals surface area contributed by atoms with Crippen LogP contribution in [0.15, 0.2) is 42.5 Å². The number of halogens is 1. The Bertz CT molecular complexity index is 879. The van der Waals surface area contributed by atoms with Gasteiger partial charge < -0.3 is 15.0 Å². The van der Waals surface area contributed by atoms with E-state index in [1.54, 1.807) is 43.3 Å². The molecule has 0 radical (unpaired) electrons. The highest BCUT2D eigenvalue weighted by atomic mass is 19.1. The molecule has 1 N–H and O–H groups in total. The summed E-state index contributed by atoms with van der Waals surface area (Å²) in [6.07, 6.45) is 1.17. The number of amides is 2. The summed E-state index contributed by atoms with van der Waals surface area (Å²) in [6.45, 7) is 1.77. The summed E-state index contributed by atoms with van der Waals surface area (Å²) >= 11 is 0. The third kappa shape index (κ3) is 3.14. The van der Waals surface area contributed by atoms with Crippen LogP contribution in [0.25, 0.3) is 0 Å². The van der Waals surface area contributed by atoms with Gasteiger partial charge in [0.15, 0.2) is 6.10 Å². The second kappa shape index (κ2) is 6.44. The fourth-order valence-corrected chi connectivity index (χ4v) is 3.03. The topological polar surface area (TPSA) is 58.6 Å². The number of carbonyl (C=O) groups is 2. The Labute approximate surface area is 150 Å². The number of carbonyl (C=O) groups excluding carboxylic acids is 2. The molecule has 1 aliphatic carbocycles. The summed E-state index contributed by atoms with van der Waals surface area (Å²) < 4.78 is 19.7. The van der Waals surface area contributed by atoms with Crippen LogP contribution in [0.4, 0.5) is 15.8 Å². The third-order valence-corrected chi connectivity index (χ3v) is 4.67. The van der Waals surface area contributed by atoms with E-state index < -0.39 is 6.10 Å². The maximum absolute atomic E-state index is 14.1. The molecule has 2 aromatic rings. The van der Waals surface area contributed by atoms with Crippen molar-refractivity contribution in [2.75, 3.05) is 10.2 Å². The molecule has 1 heterocycles. The van der Waals surface area contributed by atoms with Crippen LogP contribution in [0, 0.1) is 11.7 Å². The zero-order chi connectivity index (χ0) is 18.3. The van der Waals surface area contributed by atoms with Gasteiger partial charge in [0.2, 0.25) is 5.91 Å². The summed E-state index contributed by atoms with van der Waals surface area (Å²) in [5.41, 5.74) is 1.56. The average molecular weight is 354 g/mol. The van der Waals surface area contributed by atoms with E-state index in [0.29, 0.717) is 22.7 Å². The van der Waals surface area contributed by atoms with Gasteiger partial charge >= 0.3 is 0 Å². The van der Waals surface area contributed by atoms with Gasteiger partial charge in [0.1, 0.15) is 11.6 Å². The first-order valence-corrected chi connectivity index (χ1v) is 8.69. The fraction of sp³-hybridized carbons (Fsp3) is 0.300. The van der Waals surface area contributed by atoms with Crippen LogP contribution < -0.4 is 15.0 Å². The number of anilines is 2. The molecule has 5 nitrogen and oxygen atoms in total. The van der Waals surface area contributed by atoms with Gasteiger partial charge in [-0.25, -0.2) is 4.39 Å². The van der Waals surface area contributed by atoms with Crippen molar-refractivity contribution in [1.29, 1.82) is 0 Å². The highest BCUT2D eigenvalue weighted by Crippen LogP contribution is 2.38. The first kappa shape index (κ1) is 16.6. The highest BCUT2D eigenvalue weighted by molar-refractivity contribution is 6.01. The largest absolute Gasteiger partial charge is 0.479 e. The predicted octanol–water partition coefficient (Wildman–Crippen LogP) is 3.49. The van der Waals surface area contributed by atoms with Gasteiger partial charge in [0.05, 0.1) is 12.2 Å². The smallest absolute Gasteiger partial charge is 0.268 e. The minimum Gasteiger partial charge on any atom is -0.479 e. The molecule has 1 aliphatic heterocycles. The summed E-state index contributed by atoms with van der Waals surface area (Å²) in [7, 11) is 0. The Hall–Kier alpha value is -2.89. The zero-order valence-electron chi connectivity index (χ0n) is 14.4. The number of fused-ring (bicyclic) bond motifs is 1. The van der Waals surface area contributed by atoms with E-state index in [2.05, 4.69) is 5.32 Å². The molecule has 0 bridgehead atoms. The van der Waals surface area contributed by atoms with Crippen molar-refractivity contribution in [2.24, 2.45) is 5.92 Å². The van der Waals surface area contributed by atoms with Crippen LogP contribution in [-0.2, 0) is 16.1 Å². The van der Waals surface area contributed by atoms with Gasteiger partial charge in [-0.15, -0.1) is 0 Å². The standard InChI is InChI=1S/C20H19FN2O3/c1-12-20(25)23(11-14-4-2-3-5-16(14)21)17-10-15(8-9-18(17)26-12)22-19(24)13-6-7-13/h2-5,8-10,12-13H,6-7,11H2,1H3,(H,22,24). The molecule has 0 spiro atoms. The van der Waals surface area contributed by atoms with Gasteiger partial charge in [-0.05, 0) is 44.0 Å². The summed E-state index contributed by atoms with van der Waals surface area (Å²) in [6, 6.07) is 11.6. The van der Waals surface area contributed by atoms with Crippen LogP contribution in [0.5, 0.6) is 5.75 Å². The molecular weight excluding hydrogens is 335 g/mol. The van der Waals surface area contributed by atoms with Crippen LogP contribution in [-0.4, -0.2) is 17.9 Å². The molecule has 1 saturated carbocycles. The van der Waals surface area contributed by atoms with Crippen molar-refractivity contribution < 1.29 is 18.7 Å². The van der Waals surface area contributed by atoms with Gasteiger partial charge in [-0.2, -0.15) is 0 Å². The molecule has 2 aliphatic rings. The molecule has 2 aromatic carbocycles. The van der Waals surface area contributed by atoms with E-state index in [9.17, 15) is 14.0 Å². The Morgan fingerprint density at radius 2 is 2.04 bits per heavy atom.